The highest BCUT2D eigenvalue weighted by molar-refractivity contribution is 7.90. The fourth-order valence-corrected chi connectivity index (χ4v) is 5.69. The molecule has 0 saturated carbocycles. The van der Waals surface area contributed by atoms with E-state index in [-0.39, 0.29) is 40.3 Å². The Balaban J connectivity index is 1.75. The van der Waals surface area contributed by atoms with Crippen LogP contribution >= 0.6 is 0 Å². The van der Waals surface area contributed by atoms with Crippen LogP contribution in [0.25, 0.3) is 5.65 Å². The maximum atomic E-state index is 14.0. The molecular formula is C32H41F3N6O5S. The minimum absolute atomic E-state index is 0.00123. The monoisotopic (exact) mass is 678 g/mol. The first-order chi connectivity index (χ1) is 21.8. The Bertz CT molecular complexity index is 1780. The number of methoxy groups -OCH3 is 1. The smallest absolute Gasteiger partial charge is 0.414 e. The zero-order valence-electron chi connectivity index (χ0n) is 27.6. The van der Waals surface area contributed by atoms with Crippen LogP contribution in [-0.2, 0) is 21.0 Å². The maximum Gasteiger partial charge on any atom is 0.414 e. The van der Waals surface area contributed by atoms with E-state index in [2.05, 4.69) is 32.4 Å². The molecule has 3 heterocycles. The van der Waals surface area contributed by atoms with Crippen molar-refractivity contribution >= 4 is 38.6 Å². The molecule has 0 unspecified atom stereocenters. The molecule has 2 N–H and O–H groups in total. The van der Waals surface area contributed by atoms with E-state index in [0.717, 1.165) is 32.2 Å². The normalized spacial score (nSPS) is 14.8. The zero-order valence-corrected chi connectivity index (χ0v) is 28.4. The lowest BCUT2D eigenvalue weighted by molar-refractivity contribution is -0.128. The summed E-state index contributed by atoms with van der Waals surface area (Å²) in [6, 6.07) is 6.05. The van der Waals surface area contributed by atoms with Crippen LogP contribution < -0.4 is 20.3 Å². The number of nitrogens with one attached hydrogen (secondary N) is 2. The van der Waals surface area contributed by atoms with Gasteiger partial charge in [0.1, 0.15) is 17.0 Å². The van der Waals surface area contributed by atoms with E-state index in [9.17, 15) is 26.4 Å². The lowest BCUT2D eigenvalue weighted by atomic mass is 10.1. The molecule has 47 heavy (non-hydrogen) atoms. The summed E-state index contributed by atoms with van der Waals surface area (Å²) in [5.41, 5.74) is 0.469. The fourth-order valence-electron chi connectivity index (χ4n) is 5.05. The van der Waals surface area contributed by atoms with E-state index >= 15 is 0 Å². The number of imidazole rings is 1. The minimum Gasteiger partial charge on any atom is -0.495 e. The number of nitrogens with zero attached hydrogens (tertiary/aromatic N) is 4. The highest BCUT2D eigenvalue weighted by atomic mass is 32.2. The number of ether oxygens (including phenoxy) is 2. The SMILES string of the molecule is COc1cc(S(C)(=O)=O)ccc1NCC#Cc1nc2c(NC3CCN(C)CC3)cc(N(C)C(=O)OC(C)(C)C)cn2c1CC(F)(F)F. The van der Waals surface area contributed by atoms with E-state index < -0.39 is 34.1 Å². The fraction of sp³-hybridized carbons (Fsp3) is 0.500. The van der Waals surface area contributed by atoms with Crippen LogP contribution in [0.2, 0.25) is 0 Å². The van der Waals surface area contributed by atoms with Gasteiger partial charge >= 0.3 is 12.3 Å². The topological polar surface area (TPSA) is 118 Å². The van der Waals surface area contributed by atoms with Gasteiger partial charge in [-0.2, -0.15) is 13.2 Å². The molecule has 0 bridgehead atoms. The lowest BCUT2D eigenvalue weighted by Gasteiger charge is -2.30. The summed E-state index contributed by atoms with van der Waals surface area (Å²) in [4.78, 5) is 21.1. The summed E-state index contributed by atoms with van der Waals surface area (Å²) in [5, 5.41) is 6.47. The third-order valence-electron chi connectivity index (χ3n) is 7.48. The van der Waals surface area contributed by atoms with Crippen molar-refractivity contribution in [1.82, 2.24) is 14.3 Å². The summed E-state index contributed by atoms with van der Waals surface area (Å²) in [6.45, 7) is 6.89. The van der Waals surface area contributed by atoms with Gasteiger partial charge in [0.15, 0.2) is 15.5 Å². The summed E-state index contributed by atoms with van der Waals surface area (Å²) in [6.07, 6.45) is -2.39. The molecule has 1 aromatic carbocycles. The Kier molecular flexibility index (Phi) is 10.6. The number of hydrogen-bond donors (Lipinski definition) is 2. The molecule has 4 rings (SSSR count). The maximum absolute atomic E-state index is 14.0. The minimum atomic E-state index is -4.58. The highest BCUT2D eigenvalue weighted by Gasteiger charge is 2.32. The van der Waals surface area contributed by atoms with Crippen LogP contribution in [0.5, 0.6) is 5.75 Å². The number of pyridine rings is 1. The molecule has 11 nitrogen and oxygen atoms in total. The van der Waals surface area contributed by atoms with Crippen LogP contribution in [0.1, 0.15) is 45.0 Å². The van der Waals surface area contributed by atoms with E-state index in [0.29, 0.717) is 17.1 Å². The second-order valence-corrected chi connectivity index (χ2v) is 14.6. The summed E-state index contributed by atoms with van der Waals surface area (Å²) in [7, 11) is 1.46. The number of likely N-dealkylation sites (tertiary alicyclic amines) is 1. The lowest BCUT2D eigenvalue weighted by Crippen LogP contribution is -2.37. The number of rotatable bonds is 8. The Morgan fingerprint density at radius 2 is 1.83 bits per heavy atom. The van der Waals surface area contributed by atoms with Gasteiger partial charge in [-0.15, -0.1) is 0 Å². The number of carbonyl (C=O) groups excluding carboxylic acids is 1. The number of alkyl halides is 3. The molecule has 0 atom stereocenters. The van der Waals surface area contributed by atoms with E-state index in [1.165, 1.54) is 47.9 Å². The van der Waals surface area contributed by atoms with Crippen LogP contribution in [0, 0.1) is 11.8 Å². The molecule has 1 saturated heterocycles. The number of halogens is 3. The summed E-state index contributed by atoms with van der Waals surface area (Å²) < 4.78 is 77.8. The molecule has 1 aliphatic rings. The predicted molar refractivity (Wildman–Crippen MR) is 175 cm³/mol. The molecule has 2 aromatic heterocycles. The third-order valence-corrected chi connectivity index (χ3v) is 8.59. The van der Waals surface area contributed by atoms with Crippen molar-refractivity contribution < 1.29 is 35.9 Å². The van der Waals surface area contributed by atoms with Crippen molar-refractivity contribution in [2.45, 2.75) is 62.7 Å². The number of anilines is 3. The van der Waals surface area contributed by atoms with Crippen LogP contribution in [0.15, 0.2) is 35.4 Å². The van der Waals surface area contributed by atoms with Crippen molar-refractivity contribution in [3.8, 4) is 17.6 Å². The number of amides is 1. The quantitative estimate of drug-likeness (QED) is 0.311. The first kappa shape index (κ1) is 35.7. The first-order valence-corrected chi connectivity index (χ1v) is 16.9. The van der Waals surface area contributed by atoms with Gasteiger partial charge in [-0.3, -0.25) is 9.30 Å². The predicted octanol–water partition coefficient (Wildman–Crippen LogP) is 5.19. The van der Waals surface area contributed by atoms with Crippen LogP contribution in [0.3, 0.4) is 0 Å². The number of aromatic nitrogens is 2. The average molecular weight is 679 g/mol. The van der Waals surface area contributed by atoms with Gasteiger partial charge < -0.3 is 25.0 Å². The standard InChI is InChI=1S/C32H41F3N6O5S/c1-31(2,3)46-30(42)40(5)22-17-26(37-21-12-15-39(4)16-13-21)29-38-24(27(41(29)20-22)19-32(33,34)35)9-8-14-36-25-11-10-23(47(7,43)44)18-28(25)45-6/h10-11,17-18,20-21,36-37H,12-16,19H2,1-7H3. The molecule has 1 aliphatic heterocycles. The third kappa shape index (κ3) is 9.45. The number of carbonyl (C=O) groups is 1. The van der Waals surface area contributed by atoms with E-state index in [1.54, 1.807) is 26.8 Å². The molecule has 1 fully saturated rings. The zero-order chi connectivity index (χ0) is 34.7. The average Bonchev–Trinajstić information content (AvgIpc) is 3.30. The van der Waals surface area contributed by atoms with Gasteiger partial charge in [0, 0.05) is 31.6 Å². The van der Waals surface area contributed by atoms with Crippen molar-refractivity contribution in [3.05, 3.63) is 41.9 Å². The number of piperidine rings is 1. The molecule has 1 amide bonds. The van der Waals surface area contributed by atoms with Crippen molar-refractivity contribution in [1.29, 1.82) is 0 Å². The number of sulfone groups is 1. The highest BCUT2D eigenvalue weighted by Crippen LogP contribution is 2.32. The second kappa shape index (κ2) is 13.9. The van der Waals surface area contributed by atoms with Crippen molar-refractivity contribution in [2.24, 2.45) is 0 Å². The van der Waals surface area contributed by atoms with Gasteiger partial charge in [-0.1, -0.05) is 5.92 Å². The Labute approximate surface area is 273 Å². The Morgan fingerprint density at radius 3 is 2.43 bits per heavy atom. The van der Waals surface area contributed by atoms with E-state index in [1.807, 2.05) is 7.05 Å². The molecular weight excluding hydrogens is 637 g/mol. The molecule has 256 valence electrons. The van der Waals surface area contributed by atoms with E-state index in [4.69, 9.17) is 9.47 Å². The van der Waals surface area contributed by atoms with Gasteiger partial charge in [0.2, 0.25) is 0 Å². The van der Waals surface area contributed by atoms with Gasteiger partial charge in [-0.25, -0.2) is 18.2 Å². The van der Waals surface area contributed by atoms with Crippen molar-refractivity contribution in [3.63, 3.8) is 0 Å². The summed E-state index contributed by atoms with van der Waals surface area (Å²) in [5.74, 6) is 5.89. The van der Waals surface area contributed by atoms with Gasteiger partial charge in [0.05, 0.1) is 47.7 Å². The number of benzene rings is 1. The second-order valence-electron chi connectivity index (χ2n) is 12.6. The summed E-state index contributed by atoms with van der Waals surface area (Å²) >= 11 is 0. The van der Waals surface area contributed by atoms with Gasteiger partial charge in [-0.05, 0) is 77.9 Å². The number of hydrogen-bond acceptors (Lipinski definition) is 9. The Morgan fingerprint density at radius 1 is 1.15 bits per heavy atom. The Hall–Kier alpha value is -4.16. The largest absolute Gasteiger partial charge is 0.495 e. The molecule has 0 aliphatic carbocycles. The molecule has 3 aromatic rings. The first-order valence-electron chi connectivity index (χ1n) is 15.0. The molecule has 15 heteroatoms. The van der Waals surface area contributed by atoms with Gasteiger partial charge in [0.25, 0.3) is 0 Å². The van der Waals surface area contributed by atoms with Crippen LogP contribution in [0.4, 0.5) is 35.0 Å². The molecule has 0 radical (unpaired) electrons. The molecule has 0 spiro atoms. The van der Waals surface area contributed by atoms with Crippen molar-refractivity contribution in [2.75, 3.05) is 62.6 Å². The number of fused-ring (bicyclic) bond motifs is 1. The van der Waals surface area contributed by atoms with Crippen LogP contribution in [-0.4, -0.2) is 93.7 Å².